The van der Waals surface area contributed by atoms with Gasteiger partial charge in [0.2, 0.25) is 11.8 Å². The van der Waals surface area contributed by atoms with Crippen LogP contribution in [0, 0.1) is 5.41 Å². The number of nitrogens with one attached hydrogen (secondary N) is 2. The van der Waals surface area contributed by atoms with E-state index in [2.05, 4.69) is 98.7 Å². The molecule has 1 atom stereocenters. The monoisotopic (exact) mass is 953 g/mol. The zero-order valence-corrected chi connectivity index (χ0v) is 40.6. The van der Waals surface area contributed by atoms with Gasteiger partial charge in [-0.15, -0.1) is 5.06 Å². The fourth-order valence-corrected chi connectivity index (χ4v) is 10.7. The molecule has 3 heterocycles. The van der Waals surface area contributed by atoms with Crippen molar-refractivity contribution in [2.45, 2.75) is 96.8 Å². The molecule has 15 heteroatoms. The maximum Gasteiger partial charge on any atom is 0.333 e. The molecule has 0 spiro atoms. The van der Waals surface area contributed by atoms with Crippen LogP contribution in [0.15, 0.2) is 125 Å². The maximum absolute atomic E-state index is 14.8. The first-order chi connectivity index (χ1) is 32.8. The molecule has 0 aromatic heterocycles. The Hall–Kier alpha value is -6.71. The van der Waals surface area contributed by atoms with Crippen LogP contribution in [-0.2, 0) is 49.8 Å². The summed E-state index contributed by atoms with van der Waals surface area (Å²) in [5.74, 6) is -3.82. The van der Waals surface area contributed by atoms with Crippen molar-refractivity contribution in [3.05, 3.63) is 131 Å². The van der Waals surface area contributed by atoms with Crippen LogP contribution >= 0.6 is 0 Å². The average molecular weight is 954 g/mol. The predicted octanol–water partition coefficient (Wildman–Crippen LogP) is 8.54. The lowest BCUT2D eigenvalue weighted by Gasteiger charge is -2.35. The van der Waals surface area contributed by atoms with Gasteiger partial charge < -0.3 is 20.4 Å². The van der Waals surface area contributed by atoms with Crippen molar-refractivity contribution in [1.82, 2.24) is 15.7 Å². The van der Waals surface area contributed by atoms with Gasteiger partial charge in [-0.2, -0.15) is 8.42 Å². The van der Waals surface area contributed by atoms with Crippen LogP contribution in [0.5, 0.6) is 0 Å². The summed E-state index contributed by atoms with van der Waals surface area (Å²) in [7, 11) is -4.44. The molecule has 3 N–H and O–H groups in total. The minimum Gasteiger partial charge on any atom is -0.355 e. The Bertz CT molecular complexity index is 3040. The molecule has 0 saturated carbocycles. The van der Waals surface area contributed by atoms with E-state index >= 15 is 0 Å². The summed E-state index contributed by atoms with van der Waals surface area (Å²) >= 11 is 0. The van der Waals surface area contributed by atoms with Crippen molar-refractivity contribution in [2.24, 2.45) is 10.4 Å². The predicted molar refractivity (Wildman–Crippen MR) is 267 cm³/mol. The number of benzene rings is 4. The standard InChI is InChI=1S/C54H59N5O9S/c1-6-58-42-24-22-38-15-10-12-17-40(38)49(42)53(4,5)44(58)26-20-36-32-35(19-25-43-52(2,3)48-39-16-11-9-14-37(39)21-23-41(48)57-43)33-54(34-36,51(64)56-30-31-69(65,66)67)50(63)55-29-13-7-8-18-47(62)68-59-45(60)27-28-46(59)61/h9-12,14-17,19-26,32H,6-8,13,18,27-31,33-34H2,1-5H3,(H,55,63)(H,56,64)(H,65,66,67)/b25-19+,36-20-,44-26+. The number of rotatable bonds is 16. The molecular weight excluding hydrogens is 895 g/mol. The van der Waals surface area contributed by atoms with Crippen molar-refractivity contribution in [3.63, 3.8) is 0 Å². The van der Waals surface area contributed by atoms with E-state index in [0.29, 0.717) is 42.0 Å². The number of fused-ring (bicyclic) bond motifs is 6. The second-order valence-corrected chi connectivity index (χ2v) is 20.9. The average Bonchev–Trinajstić information content (AvgIpc) is 3.86. The largest absolute Gasteiger partial charge is 0.355 e. The number of unbranched alkanes of at least 4 members (excludes halogenated alkanes) is 2. The summed E-state index contributed by atoms with van der Waals surface area (Å²) in [5.41, 5.74) is 4.87. The van der Waals surface area contributed by atoms with Gasteiger partial charge in [-0.1, -0.05) is 113 Å². The van der Waals surface area contributed by atoms with Crippen LogP contribution in [0.2, 0.25) is 0 Å². The topological polar surface area (TPSA) is 192 Å². The number of nitrogens with zero attached hydrogens (tertiary/aromatic N) is 3. The highest BCUT2D eigenvalue weighted by Crippen LogP contribution is 2.51. The van der Waals surface area contributed by atoms with E-state index < -0.39 is 68.3 Å². The first-order valence-electron chi connectivity index (χ1n) is 23.6. The van der Waals surface area contributed by atoms with Crippen LogP contribution < -0.4 is 15.5 Å². The van der Waals surface area contributed by atoms with Gasteiger partial charge in [0, 0.05) is 61.1 Å². The van der Waals surface area contributed by atoms with Crippen molar-refractivity contribution in [1.29, 1.82) is 0 Å². The number of hydroxylamine groups is 2. The lowest BCUT2D eigenvalue weighted by molar-refractivity contribution is -0.197. The number of hydrogen-bond acceptors (Lipinski definition) is 10. The van der Waals surface area contributed by atoms with Crippen LogP contribution in [0.4, 0.5) is 11.4 Å². The molecule has 14 nitrogen and oxygen atoms in total. The second kappa shape index (κ2) is 19.4. The van der Waals surface area contributed by atoms with Crippen molar-refractivity contribution in [3.8, 4) is 0 Å². The zero-order valence-electron chi connectivity index (χ0n) is 39.8. The second-order valence-electron chi connectivity index (χ2n) is 19.3. The van der Waals surface area contributed by atoms with Gasteiger partial charge in [0.1, 0.15) is 5.41 Å². The van der Waals surface area contributed by atoms with E-state index in [1.165, 1.54) is 10.9 Å². The molecule has 4 amide bonds. The third kappa shape index (κ3) is 9.80. The summed E-state index contributed by atoms with van der Waals surface area (Å²) in [4.78, 5) is 77.9. The van der Waals surface area contributed by atoms with E-state index in [1.807, 2.05) is 54.6 Å². The fraction of sp³-hybridized carbons (Fsp3) is 0.370. The molecule has 4 aromatic carbocycles. The van der Waals surface area contributed by atoms with E-state index in [9.17, 15) is 36.9 Å². The summed E-state index contributed by atoms with van der Waals surface area (Å²) in [5, 5.41) is 10.7. The summed E-state index contributed by atoms with van der Waals surface area (Å²) in [6.45, 7) is 11.2. The Morgan fingerprint density at radius 1 is 0.768 bits per heavy atom. The van der Waals surface area contributed by atoms with Crippen molar-refractivity contribution in [2.75, 3.05) is 30.3 Å². The quantitative estimate of drug-likeness (QED) is 0.0425. The van der Waals surface area contributed by atoms with Crippen LogP contribution in [0.1, 0.15) is 97.1 Å². The Balaban J connectivity index is 1.11. The Labute approximate surface area is 402 Å². The normalized spacial score (nSPS) is 20.7. The van der Waals surface area contributed by atoms with Crippen LogP contribution in [0.3, 0.4) is 0 Å². The fourth-order valence-electron chi connectivity index (χ4n) is 10.3. The van der Waals surface area contributed by atoms with Gasteiger partial charge in [0.05, 0.1) is 17.2 Å². The maximum atomic E-state index is 14.8. The third-order valence-electron chi connectivity index (χ3n) is 13.8. The number of anilines is 1. The molecule has 69 heavy (non-hydrogen) atoms. The zero-order chi connectivity index (χ0) is 49.3. The number of imide groups is 1. The minimum atomic E-state index is -4.44. The van der Waals surface area contributed by atoms with Crippen molar-refractivity contribution < 1.29 is 41.8 Å². The highest BCUT2D eigenvalue weighted by atomic mass is 32.2. The molecule has 1 saturated heterocycles. The van der Waals surface area contributed by atoms with E-state index in [4.69, 9.17) is 9.83 Å². The van der Waals surface area contributed by atoms with E-state index in [0.717, 1.165) is 44.5 Å². The molecule has 3 aliphatic heterocycles. The number of likely N-dealkylation sites (N-methyl/N-ethyl adjacent to an activating group) is 1. The molecule has 1 fully saturated rings. The number of allylic oxidation sites excluding steroid dienone is 8. The first kappa shape index (κ1) is 48.7. The van der Waals surface area contributed by atoms with Crippen LogP contribution in [-0.4, -0.2) is 78.7 Å². The Morgan fingerprint density at radius 3 is 2.07 bits per heavy atom. The highest BCUT2D eigenvalue weighted by molar-refractivity contribution is 7.85. The highest BCUT2D eigenvalue weighted by Gasteiger charge is 2.48. The number of carbonyl (C=O) groups excluding carboxylic acids is 5. The summed E-state index contributed by atoms with van der Waals surface area (Å²) < 4.78 is 33.2. The molecule has 0 bridgehead atoms. The third-order valence-corrected chi connectivity index (χ3v) is 14.6. The number of carbonyl (C=O) groups is 5. The molecule has 8 rings (SSSR count). The van der Waals surface area contributed by atoms with Gasteiger partial charge in [-0.25, -0.2) is 4.79 Å². The number of aliphatic imine (C=N–C) groups is 1. The lowest BCUT2D eigenvalue weighted by atomic mass is 9.70. The minimum absolute atomic E-state index is 0.00356. The molecule has 4 aromatic rings. The summed E-state index contributed by atoms with van der Waals surface area (Å²) in [6, 6.07) is 24.9. The number of amides is 4. The van der Waals surface area contributed by atoms with Gasteiger partial charge in [-0.05, 0) is 101 Å². The molecular formula is C54H59N5O9S. The van der Waals surface area contributed by atoms with Crippen molar-refractivity contribution >= 4 is 78.3 Å². The molecule has 0 radical (unpaired) electrons. The van der Waals surface area contributed by atoms with Gasteiger partial charge in [0.25, 0.3) is 21.9 Å². The van der Waals surface area contributed by atoms with Gasteiger partial charge in [-0.3, -0.25) is 28.7 Å². The van der Waals surface area contributed by atoms with E-state index in [1.54, 1.807) is 0 Å². The Kier molecular flexibility index (Phi) is 13.7. The lowest BCUT2D eigenvalue weighted by Crippen LogP contribution is -2.53. The van der Waals surface area contributed by atoms with Crippen LogP contribution in [0.25, 0.3) is 21.5 Å². The molecule has 360 valence electrons. The first-order valence-corrected chi connectivity index (χ1v) is 25.2. The molecule has 1 unspecified atom stereocenters. The molecule has 1 aliphatic carbocycles. The van der Waals surface area contributed by atoms with Gasteiger partial charge >= 0.3 is 5.97 Å². The number of hydrogen-bond donors (Lipinski definition) is 3. The summed E-state index contributed by atoms with van der Waals surface area (Å²) in [6.07, 6.45) is 11.0. The Morgan fingerprint density at radius 2 is 1.41 bits per heavy atom. The molecule has 4 aliphatic rings. The smallest absolute Gasteiger partial charge is 0.333 e. The van der Waals surface area contributed by atoms with E-state index in [-0.39, 0.29) is 38.6 Å². The van der Waals surface area contributed by atoms with Gasteiger partial charge in [0.15, 0.2) is 0 Å². The SMILES string of the molecule is CCN1/C(=C/C=C2C=C(/C=C/C3=Nc4ccc5ccccc5c4C3(C)C)CC(C(=O)NCCCCCC(=O)ON3C(=O)CCC3=O)(C(=O)NCCS(=O)(=O)O)C/2)C(C)(C)c2c1ccc1ccccc21.